The lowest BCUT2D eigenvalue weighted by Crippen LogP contribution is -2.45. The van der Waals surface area contributed by atoms with Crippen molar-refractivity contribution in [3.05, 3.63) is 53.6 Å². The molecule has 29 heavy (non-hydrogen) atoms. The van der Waals surface area contributed by atoms with E-state index in [1.165, 1.54) is 30.2 Å². The summed E-state index contributed by atoms with van der Waals surface area (Å²) in [5.41, 5.74) is 3.55. The number of thioether (sulfide) groups is 1. The highest BCUT2D eigenvalue weighted by Gasteiger charge is 2.37. The molecule has 5 rings (SSSR count). The van der Waals surface area contributed by atoms with Crippen LogP contribution < -0.4 is 5.32 Å². The Balaban J connectivity index is 1.31. The van der Waals surface area contributed by atoms with E-state index in [4.69, 9.17) is 5.10 Å². The smallest absolute Gasteiger partial charge is 0.229 e. The molecule has 1 unspecified atom stereocenters. The Morgan fingerprint density at radius 2 is 1.97 bits per heavy atom. The molecule has 3 heterocycles. The average molecular weight is 410 g/mol. The molecule has 152 valence electrons. The van der Waals surface area contributed by atoms with Gasteiger partial charge >= 0.3 is 0 Å². The number of hydrogen-bond donors (Lipinski definition) is 1. The number of allylic oxidation sites excluding steroid dienone is 2. The molecule has 2 fully saturated rings. The maximum absolute atomic E-state index is 12.2. The number of hydrazone groups is 1. The largest absolute Gasteiger partial charge is 0.318 e. The van der Waals surface area contributed by atoms with Gasteiger partial charge in [-0.1, -0.05) is 30.3 Å². The number of carbonyl (C=O) groups excluding carboxylic acids is 1. The van der Waals surface area contributed by atoms with Crippen LogP contribution in [-0.4, -0.2) is 64.5 Å². The molecular formula is C22H27N5OS. The first-order chi connectivity index (χ1) is 14.2. The molecule has 1 aromatic rings. The summed E-state index contributed by atoms with van der Waals surface area (Å²) >= 11 is 2.04. The van der Waals surface area contributed by atoms with Crippen molar-refractivity contribution in [1.29, 1.82) is 0 Å². The van der Waals surface area contributed by atoms with E-state index >= 15 is 0 Å². The van der Waals surface area contributed by atoms with Gasteiger partial charge in [0.05, 0.1) is 5.70 Å². The first-order valence-corrected chi connectivity index (χ1v) is 11.5. The number of fused-ring (bicyclic) bond motifs is 1. The van der Waals surface area contributed by atoms with Gasteiger partial charge in [0, 0.05) is 44.1 Å². The van der Waals surface area contributed by atoms with Gasteiger partial charge in [-0.15, -0.1) is 5.10 Å². The number of amides is 1. The number of nitrogens with zero attached hydrogens (tertiary/aromatic N) is 4. The summed E-state index contributed by atoms with van der Waals surface area (Å²) in [6.07, 6.45) is 8.25. The van der Waals surface area contributed by atoms with Gasteiger partial charge in [-0.2, -0.15) is 11.8 Å². The summed E-state index contributed by atoms with van der Waals surface area (Å²) < 4.78 is 0. The molecule has 0 aromatic heterocycles. The number of carbonyl (C=O) groups is 1. The fourth-order valence-electron chi connectivity index (χ4n) is 3.95. The highest BCUT2D eigenvalue weighted by atomic mass is 32.2. The highest BCUT2D eigenvalue weighted by molar-refractivity contribution is 7.99. The standard InChI is InChI=1S/C22H27N5OS/c1-25-20-4-2-3-19(27(20)24-22(25)23-21(28)18-9-10-18)17-7-5-16(6-8-17)15-26-11-13-29-14-12-26/h2-8,18,20H,9-15H2,1H3,(H,23,24,28). The summed E-state index contributed by atoms with van der Waals surface area (Å²) in [5, 5.41) is 9.73. The predicted octanol–water partition coefficient (Wildman–Crippen LogP) is 2.52. The van der Waals surface area contributed by atoms with E-state index in [1.807, 2.05) is 28.7 Å². The Morgan fingerprint density at radius 1 is 1.21 bits per heavy atom. The van der Waals surface area contributed by atoms with Crippen molar-refractivity contribution >= 4 is 29.3 Å². The first kappa shape index (κ1) is 18.8. The number of rotatable bonds is 4. The quantitative estimate of drug-likeness (QED) is 0.828. The normalized spacial score (nSPS) is 24.2. The second kappa shape index (κ2) is 7.88. The summed E-state index contributed by atoms with van der Waals surface area (Å²) in [5.74, 6) is 3.35. The fraction of sp³-hybridized carbons (Fsp3) is 0.455. The Morgan fingerprint density at radius 3 is 2.69 bits per heavy atom. The minimum atomic E-state index is -0.00460. The summed E-state index contributed by atoms with van der Waals surface area (Å²) in [6.45, 7) is 3.37. The topological polar surface area (TPSA) is 51.2 Å². The van der Waals surface area contributed by atoms with Crippen LogP contribution in [0.2, 0.25) is 0 Å². The van der Waals surface area contributed by atoms with Crippen LogP contribution in [0.3, 0.4) is 0 Å². The van der Waals surface area contributed by atoms with E-state index in [1.54, 1.807) is 0 Å². The van der Waals surface area contributed by atoms with E-state index in [2.05, 4.69) is 52.7 Å². The number of guanidine groups is 1. The maximum atomic E-state index is 12.2. The van der Waals surface area contributed by atoms with Gasteiger partial charge in [0.2, 0.25) is 11.9 Å². The Hall–Kier alpha value is -2.25. The average Bonchev–Trinajstić information content (AvgIpc) is 3.55. The molecule has 7 heteroatoms. The Labute approximate surface area is 176 Å². The van der Waals surface area contributed by atoms with Gasteiger partial charge in [0.1, 0.15) is 6.17 Å². The number of hydrogen-bond acceptors (Lipinski definition) is 6. The molecule has 6 nitrogen and oxygen atoms in total. The molecule has 1 saturated carbocycles. The van der Waals surface area contributed by atoms with Crippen LogP contribution in [0, 0.1) is 5.92 Å². The van der Waals surface area contributed by atoms with E-state index < -0.39 is 0 Å². The van der Waals surface area contributed by atoms with Gasteiger partial charge in [0.15, 0.2) is 0 Å². The highest BCUT2D eigenvalue weighted by Crippen LogP contribution is 2.32. The van der Waals surface area contributed by atoms with Crippen molar-refractivity contribution in [3.8, 4) is 0 Å². The minimum Gasteiger partial charge on any atom is -0.318 e. The SMILES string of the molecule is CN1C(NC(=O)C2CC2)=NN2C(c3ccc(CN4CCSCC4)cc3)=CC=CC12. The maximum Gasteiger partial charge on any atom is 0.229 e. The summed E-state index contributed by atoms with van der Waals surface area (Å²) in [7, 11) is 1.98. The first-order valence-electron chi connectivity index (χ1n) is 10.4. The van der Waals surface area contributed by atoms with E-state index in [0.717, 1.165) is 30.6 Å². The van der Waals surface area contributed by atoms with Crippen LogP contribution >= 0.6 is 11.8 Å². The Kier molecular flexibility index (Phi) is 5.09. The summed E-state index contributed by atoms with van der Waals surface area (Å²) in [6, 6.07) is 8.83. The second-order valence-corrected chi connectivity index (χ2v) is 9.30. The van der Waals surface area contributed by atoms with Crippen LogP contribution in [0.4, 0.5) is 0 Å². The van der Waals surface area contributed by atoms with Crippen LogP contribution in [0.15, 0.2) is 47.6 Å². The van der Waals surface area contributed by atoms with Crippen molar-refractivity contribution in [2.75, 3.05) is 31.6 Å². The lowest BCUT2D eigenvalue weighted by molar-refractivity contribution is -0.121. The third-order valence-corrected chi connectivity index (χ3v) is 6.85. The van der Waals surface area contributed by atoms with Crippen LogP contribution in [0.1, 0.15) is 24.0 Å². The van der Waals surface area contributed by atoms with Gasteiger partial charge < -0.3 is 4.90 Å². The zero-order valence-corrected chi connectivity index (χ0v) is 17.6. The monoisotopic (exact) mass is 409 g/mol. The van der Waals surface area contributed by atoms with Crippen molar-refractivity contribution in [1.82, 2.24) is 20.1 Å². The van der Waals surface area contributed by atoms with Crippen molar-refractivity contribution in [2.45, 2.75) is 25.6 Å². The van der Waals surface area contributed by atoms with Crippen LogP contribution in [-0.2, 0) is 11.3 Å². The summed E-state index contributed by atoms with van der Waals surface area (Å²) in [4.78, 5) is 16.7. The molecule has 1 N–H and O–H groups in total. The van der Waals surface area contributed by atoms with E-state index in [9.17, 15) is 4.79 Å². The Bertz CT molecular complexity index is 868. The van der Waals surface area contributed by atoms with Gasteiger partial charge in [0.25, 0.3) is 0 Å². The number of likely N-dealkylation sites (N-methyl/N-ethyl adjacent to an activating group) is 1. The van der Waals surface area contributed by atoms with E-state index in [-0.39, 0.29) is 18.0 Å². The van der Waals surface area contributed by atoms with Gasteiger partial charge in [-0.05, 0) is 36.1 Å². The minimum absolute atomic E-state index is 0.00460. The molecule has 0 spiro atoms. The second-order valence-electron chi connectivity index (χ2n) is 8.08. The molecule has 1 atom stereocenters. The van der Waals surface area contributed by atoms with Crippen molar-refractivity contribution in [2.24, 2.45) is 11.0 Å². The van der Waals surface area contributed by atoms with Gasteiger partial charge in [-0.3, -0.25) is 15.0 Å². The molecule has 1 aliphatic carbocycles. The van der Waals surface area contributed by atoms with Crippen LogP contribution in [0.25, 0.3) is 5.70 Å². The molecule has 0 bridgehead atoms. The molecule has 1 saturated heterocycles. The fourth-order valence-corrected chi connectivity index (χ4v) is 4.93. The van der Waals surface area contributed by atoms with Crippen molar-refractivity contribution in [3.63, 3.8) is 0 Å². The van der Waals surface area contributed by atoms with Crippen molar-refractivity contribution < 1.29 is 4.79 Å². The third kappa shape index (κ3) is 3.94. The number of nitrogens with one attached hydrogen (secondary N) is 1. The predicted molar refractivity (Wildman–Crippen MR) is 118 cm³/mol. The molecule has 4 aliphatic rings. The number of benzene rings is 1. The van der Waals surface area contributed by atoms with Crippen LogP contribution in [0.5, 0.6) is 0 Å². The molecule has 1 aromatic carbocycles. The zero-order chi connectivity index (χ0) is 19.8. The lowest BCUT2D eigenvalue weighted by atomic mass is 10.1. The van der Waals surface area contributed by atoms with E-state index in [0.29, 0.717) is 5.96 Å². The molecule has 1 amide bonds. The zero-order valence-electron chi connectivity index (χ0n) is 16.8. The van der Waals surface area contributed by atoms with Gasteiger partial charge in [-0.25, -0.2) is 5.01 Å². The lowest BCUT2D eigenvalue weighted by Gasteiger charge is -2.30. The molecule has 3 aliphatic heterocycles. The molecular weight excluding hydrogens is 382 g/mol. The molecule has 0 radical (unpaired) electrons. The third-order valence-electron chi connectivity index (χ3n) is 5.91.